The summed E-state index contributed by atoms with van der Waals surface area (Å²) in [4.78, 5) is 74.4. The highest BCUT2D eigenvalue weighted by molar-refractivity contribution is 9.09. The number of amides is 6. The van der Waals surface area contributed by atoms with E-state index >= 15 is 0 Å². The van der Waals surface area contributed by atoms with Crippen molar-refractivity contribution in [3.63, 3.8) is 0 Å². The first-order chi connectivity index (χ1) is 63.7. The molecule has 0 aromatic heterocycles. The van der Waals surface area contributed by atoms with E-state index in [-0.39, 0.29) is 73.5 Å². The van der Waals surface area contributed by atoms with Gasteiger partial charge in [-0.2, -0.15) is 20.4 Å². The standard InChI is InChI=1S/3C21H29BN4O3.C18H31BN4O3.C14H29BrN4O2/c1-17(2)14-26(23-3)21(27)16-25(15-18-9-5-4-6-10-18)24-13-19-11-7-8-12-20(19)22(28)29;1-17(2)14-26(23-3)21(27)16-25(15-18-8-5-4-6-9-18)24-13-19-10-7-11-20(12-19)22(28)29;1-17(2)14-26(23-3)21(27)16-25(15-19-7-5-4-6-8-19)24-13-18-9-11-20(12-10-18)22(28)29;1-14(2)11-22(13-18(24)23(20-5)12-15(3)4)21-10-16-8-6-7-9-17(16)19(25)26;1-6-18(8-11(2)3)17-14(21)10-19(9-12(4)5)16-13(20)7-15/h3*4-13,17,23,28-29H,14-16H2,1-3H3;6-10,14-15,20,25-26H,11-13H2,1-5H3;11-12H,6-10H2,1-5H3,(H,16,20)(H,17,21)/b3*24-13+;21-10+;. The lowest BCUT2D eigenvalue weighted by atomic mass is 9.77. The van der Waals surface area contributed by atoms with E-state index in [1.54, 1.807) is 189 Å². The van der Waals surface area contributed by atoms with E-state index in [4.69, 9.17) is 0 Å². The van der Waals surface area contributed by atoms with Gasteiger partial charge < -0.3 is 40.2 Å². The number of hydrogen-bond acceptors (Lipinski definition) is 28. The van der Waals surface area contributed by atoms with Crippen molar-refractivity contribution in [2.24, 2.45) is 61.8 Å². The summed E-state index contributed by atoms with van der Waals surface area (Å²) in [7, 11) is 0.738. The predicted octanol–water partition coefficient (Wildman–Crippen LogP) is 4.12. The van der Waals surface area contributed by atoms with E-state index in [9.17, 15) is 69.0 Å². The Hall–Kier alpha value is -10.6. The van der Waals surface area contributed by atoms with Crippen LogP contribution in [-0.4, -0.2) is 298 Å². The molecule has 14 N–H and O–H groups in total. The molecule has 7 rings (SSSR count). The molecule has 0 atom stereocenters. The molecule has 0 heterocycles. The van der Waals surface area contributed by atoms with Crippen molar-refractivity contribution in [3.8, 4) is 0 Å². The van der Waals surface area contributed by atoms with Gasteiger partial charge in [-0.1, -0.05) is 308 Å². The van der Waals surface area contributed by atoms with Crippen molar-refractivity contribution in [3.05, 3.63) is 227 Å². The first-order valence-electron chi connectivity index (χ1n) is 45.4. The molecule has 7 aromatic rings. The largest absolute Gasteiger partial charge is 0.489 e. The van der Waals surface area contributed by atoms with Crippen LogP contribution in [0.15, 0.2) is 208 Å². The van der Waals surface area contributed by atoms with E-state index in [0.717, 1.165) is 35.3 Å². The summed E-state index contributed by atoms with van der Waals surface area (Å²) in [5.74, 6) is 1.96. The number of carbonyl (C=O) groups is 6. The fraction of sp³-hybridized carbons (Fsp3) is 0.453. The zero-order valence-electron chi connectivity index (χ0n) is 81.7. The van der Waals surface area contributed by atoms with Crippen LogP contribution in [-0.2, 0) is 48.4 Å². The molecule has 0 aliphatic heterocycles. The Labute approximate surface area is 804 Å². The number of halogens is 1. The molecule has 134 heavy (non-hydrogen) atoms. The van der Waals surface area contributed by atoms with Crippen molar-refractivity contribution >= 4 is 127 Å². The van der Waals surface area contributed by atoms with Gasteiger partial charge in [0.05, 0.1) is 56.4 Å². The lowest BCUT2D eigenvalue weighted by Crippen LogP contribution is -2.52. The summed E-state index contributed by atoms with van der Waals surface area (Å²) in [5, 5.41) is 110. The fourth-order valence-corrected chi connectivity index (χ4v) is 12.9. The fourth-order valence-electron chi connectivity index (χ4n) is 12.8. The first kappa shape index (κ1) is 118. The van der Waals surface area contributed by atoms with Gasteiger partial charge >= 0.3 is 28.5 Å². The van der Waals surface area contributed by atoms with Crippen LogP contribution in [0, 0.1) is 41.4 Å². The summed E-state index contributed by atoms with van der Waals surface area (Å²) in [6.45, 7) is 38.1. The highest BCUT2D eigenvalue weighted by atomic mass is 79.9. The quantitative estimate of drug-likeness (QED) is 0.0110. The highest BCUT2D eigenvalue weighted by Crippen LogP contribution is 2.14. The molecule has 0 saturated heterocycles. The molecule has 0 radical (unpaired) electrons. The number of nitrogens with zero attached hydrogens (tertiary/aromatic N) is 14. The Morgan fingerprint density at radius 3 is 0.970 bits per heavy atom. The maximum absolute atomic E-state index is 12.8. The van der Waals surface area contributed by atoms with Gasteiger partial charge in [0.15, 0.2) is 0 Å². The van der Waals surface area contributed by atoms with Crippen LogP contribution in [0.25, 0.3) is 0 Å². The molecule has 7 aromatic carbocycles. The van der Waals surface area contributed by atoms with Crippen LogP contribution in [0.2, 0.25) is 0 Å². The number of hydrazine groups is 6. The molecule has 0 saturated carbocycles. The van der Waals surface area contributed by atoms with Gasteiger partial charge in [-0.15, -0.1) is 0 Å². The number of hydrazone groups is 4. The maximum Gasteiger partial charge on any atom is 0.489 e. The summed E-state index contributed by atoms with van der Waals surface area (Å²) < 4.78 is 0. The third-order valence-corrected chi connectivity index (χ3v) is 19.5. The van der Waals surface area contributed by atoms with Crippen molar-refractivity contribution < 1.29 is 69.0 Å². The smallest absolute Gasteiger partial charge is 0.423 e. The average Bonchev–Trinajstić information content (AvgIpc) is 0.865. The summed E-state index contributed by atoms with van der Waals surface area (Å²) in [5.41, 5.74) is 24.7. The molecule has 6 amide bonds. The third kappa shape index (κ3) is 50.1. The molecule has 0 spiro atoms. The van der Waals surface area contributed by atoms with Crippen LogP contribution in [0.5, 0.6) is 0 Å². The van der Waals surface area contributed by atoms with Crippen LogP contribution in [0.4, 0.5) is 0 Å². The van der Waals surface area contributed by atoms with E-state index < -0.39 is 28.5 Å². The third-order valence-electron chi connectivity index (χ3n) is 19.0. The van der Waals surface area contributed by atoms with Crippen molar-refractivity contribution in [2.75, 3.05) is 119 Å². The predicted molar refractivity (Wildman–Crippen MR) is 543 cm³/mol. The SMILES string of the molecule is CCN(CC(C)C)NC(=O)CN(CC(C)C)NC(=O)CBr.CNN(CC(C)C)C(=O)CN(CC(C)C)/N=C/c1ccccc1B(O)O.CNN(CC(C)C)C(=O)CN(Cc1ccccc1)/N=C/c1ccc(B(O)O)cc1.CNN(CC(C)C)C(=O)CN(Cc1ccccc1)/N=C/c1cccc(B(O)O)c1.CNN(CC(C)C)C(=O)CN(Cc1ccccc1)/N=C/c1ccccc1B(O)O. The van der Waals surface area contributed by atoms with Gasteiger partial charge in [-0.05, 0) is 102 Å². The van der Waals surface area contributed by atoms with Gasteiger partial charge in [0.1, 0.15) is 26.2 Å². The Morgan fingerprint density at radius 2 is 0.642 bits per heavy atom. The van der Waals surface area contributed by atoms with Crippen LogP contribution < -0.4 is 54.4 Å². The number of benzene rings is 7. The molecule has 0 bridgehead atoms. The van der Waals surface area contributed by atoms with E-state index in [1.165, 1.54) is 0 Å². The van der Waals surface area contributed by atoms with E-state index in [1.807, 2.05) is 123 Å². The van der Waals surface area contributed by atoms with Crippen molar-refractivity contribution in [2.45, 2.75) is 123 Å². The summed E-state index contributed by atoms with van der Waals surface area (Å²) >= 11 is 3.11. The Morgan fingerprint density at radius 1 is 0.328 bits per heavy atom. The lowest BCUT2D eigenvalue weighted by molar-refractivity contribution is -0.136. The normalized spacial score (nSPS) is 11.2. The molecule has 730 valence electrons. The minimum atomic E-state index is -1.59. The average molecular weight is 1920 g/mol. The Kier molecular flexibility index (Phi) is 57.9. The topological polar surface area (TPSA) is 418 Å². The van der Waals surface area contributed by atoms with E-state index in [2.05, 4.69) is 152 Å². The zero-order valence-corrected chi connectivity index (χ0v) is 83.3. The number of hydrogen-bond donors (Lipinski definition) is 14. The molecule has 0 aliphatic rings. The maximum atomic E-state index is 12.8. The van der Waals surface area contributed by atoms with Gasteiger partial charge in [0.2, 0.25) is 11.8 Å². The minimum absolute atomic E-state index is 0.0607. The molecular weight excluding hydrogens is 1770 g/mol. The zero-order chi connectivity index (χ0) is 99.8. The number of carbonyl (C=O) groups excluding carboxylic acids is 6. The Bertz CT molecular complexity index is 4600. The van der Waals surface area contributed by atoms with Crippen molar-refractivity contribution in [1.29, 1.82) is 0 Å². The van der Waals surface area contributed by atoms with Gasteiger partial charge in [-0.25, -0.2) is 31.7 Å². The summed E-state index contributed by atoms with van der Waals surface area (Å²) in [6, 6.07) is 56.8. The minimum Gasteiger partial charge on any atom is -0.423 e. The second-order valence-electron chi connectivity index (χ2n) is 34.6. The second kappa shape index (κ2) is 66.0. The van der Waals surface area contributed by atoms with Crippen LogP contribution in [0.3, 0.4) is 0 Å². The highest BCUT2D eigenvalue weighted by Gasteiger charge is 2.25. The molecule has 0 aliphatic carbocycles. The molecule has 0 fully saturated rings. The lowest BCUT2D eigenvalue weighted by Gasteiger charge is -2.27. The second-order valence-corrected chi connectivity index (χ2v) is 35.2. The molecular formula is C95H147B4BrN20O14. The summed E-state index contributed by atoms with van der Waals surface area (Å²) in [6.07, 6.45) is 6.40. The molecule has 0 unspecified atom stereocenters. The molecule has 39 heteroatoms. The number of nitrogens with one attached hydrogen (secondary N) is 6. The monoisotopic (exact) mass is 1920 g/mol. The van der Waals surface area contributed by atoms with Gasteiger partial charge in [0.25, 0.3) is 23.6 Å². The Balaban J connectivity index is 0.000000433. The molecule has 34 nitrogen and oxygen atoms in total. The van der Waals surface area contributed by atoms with Gasteiger partial charge in [0, 0.05) is 80.5 Å². The first-order valence-corrected chi connectivity index (χ1v) is 46.5. The van der Waals surface area contributed by atoms with Gasteiger partial charge in [-0.3, -0.25) is 79.7 Å². The number of alkyl halides is 1. The van der Waals surface area contributed by atoms with E-state index in [0.29, 0.717) is 139 Å². The van der Waals surface area contributed by atoms with Crippen molar-refractivity contribution in [1.82, 2.24) is 82.6 Å². The van der Waals surface area contributed by atoms with Crippen LogP contribution >= 0.6 is 15.9 Å². The number of rotatable bonds is 50. The van der Waals surface area contributed by atoms with Crippen LogP contribution in [0.1, 0.15) is 143 Å².